The highest BCUT2D eigenvalue weighted by atomic mass is 35.5. The Morgan fingerprint density at radius 3 is 2.79 bits per heavy atom. The molecule has 1 atom stereocenters. The lowest BCUT2D eigenvalue weighted by Gasteiger charge is -2.26. The highest BCUT2D eigenvalue weighted by molar-refractivity contribution is 6.32. The monoisotopic (exact) mass is 285 g/mol. The molecule has 0 radical (unpaired) electrons. The van der Waals surface area contributed by atoms with E-state index in [2.05, 4.69) is 4.90 Å². The molecule has 1 N–H and O–H groups in total. The van der Waals surface area contributed by atoms with E-state index in [0.29, 0.717) is 17.4 Å². The van der Waals surface area contributed by atoms with E-state index in [9.17, 15) is 5.11 Å². The van der Waals surface area contributed by atoms with Crippen LogP contribution < -0.4 is 4.74 Å². The second-order valence-electron chi connectivity index (χ2n) is 4.67. The van der Waals surface area contributed by atoms with E-state index in [1.807, 2.05) is 12.1 Å². The number of hydrogen-bond donors (Lipinski definition) is 1. The quantitative estimate of drug-likeness (QED) is 0.900. The molecule has 1 fully saturated rings. The van der Waals surface area contributed by atoms with E-state index in [1.165, 1.54) is 0 Å². The fourth-order valence-corrected chi connectivity index (χ4v) is 2.25. The molecule has 2 rings (SSSR count). The van der Waals surface area contributed by atoms with Crippen LogP contribution in [0.25, 0.3) is 0 Å². The summed E-state index contributed by atoms with van der Waals surface area (Å²) in [7, 11) is 0. The van der Waals surface area contributed by atoms with Crippen LogP contribution in [0.2, 0.25) is 5.02 Å². The second-order valence-corrected chi connectivity index (χ2v) is 5.08. The van der Waals surface area contributed by atoms with E-state index >= 15 is 0 Å². The summed E-state index contributed by atoms with van der Waals surface area (Å²) in [5, 5.41) is 10.0. The average Bonchev–Trinajstić information content (AvgIpc) is 2.41. The average molecular weight is 286 g/mol. The third-order valence-corrected chi connectivity index (χ3v) is 3.50. The molecule has 106 valence electrons. The van der Waals surface area contributed by atoms with Crippen molar-refractivity contribution in [1.29, 1.82) is 0 Å². The smallest absolute Gasteiger partial charge is 0.137 e. The Bertz CT molecular complexity index is 406. The first-order chi connectivity index (χ1) is 9.16. The maximum Gasteiger partial charge on any atom is 0.137 e. The summed E-state index contributed by atoms with van der Waals surface area (Å²) in [6.07, 6.45) is -0.514. The van der Waals surface area contributed by atoms with Crippen LogP contribution in [0.5, 0.6) is 5.75 Å². The predicted molar refractivity (Wildman–Crippen MR) is 74.8 cm³/mol. The van der Waals surface area contributed by atoms with Crippen molar-refractivity contribution in [3.05, 3.63) is 28.8 Å². The van der Waals surface area contributed by atoms with Crippen molar-refractivity contribution in [2.24, 2.45) is 0 Å². The van der Waals surface area contributed by atoms with E-state index in [0.717, 1.165) is 38.4 Å². The number of hydrogen-bond acceptors (Lipinski definition) is 4. The van der Waals surface area contributed by atoms with Crippen molar-refractivity contribution in [2.45, 2.75) is 13.0 Å². The maximum atomic E-state index is 9.47. The molecular weight excluding hydrogens is 266 g/mol. The third-order valence-electron chi connectivity index (χ3n) is 3.21. The van der Waals surface area contributed by atoms with Gasteiger partial charge in [-0.15, -0.1) is 0 Å². The van der Waals surface area contributed by atoms with Gasteiger partial charge in [-0.2, -0.15) is 0 Å². The molecule has 1 aromatic carbocycles. The van der Waals surface area contributed by atoms with Crippen molar-refractivity contribution in [3.8, 4) is 5.75 Å². The molecule has 1 aromatic rings. The summed E-state index contributed by atoms with van der Waals surface area (Å²) in [4.78, 5) is 2.31. The van der Waals surface area contributed by atoms with Gasteiger partial charge in [-0.25, -0.2) is 0 Å². The minimum atomic E-state index is -0.514. The number of aliphatic hydroxyl groups excluding tert-OH is 1. The second kappa shape index (κ2) is 7.10. The molecule has 0 aliphatic carbocycles. The van der Waals surface area contributed by atoms with E-state index in [4.69, 9.17) is 21.1 Å². The standard InChI is InChI=1S/C14H20ClNO3/c1-11(17)12-2-3-14(13(15)10-12)19-9-6-16-4-7-18-8-5-16/h2-3,10-11,17H,4-9H2,1H3. The highest BCUT2D eigenvalue weighted by Gasteiger charge is 2.11. The van der Waals surface area contributed by atoms with Crippen LogP contribution >= 0.6 is 11.6 Å². The molecule has 19 heavy (non-hydrogen) atoms. The van der Waals surface area contributed by atoms with Crippen LogP contribution in [0.1, 0.15) is 18.6 Å². The van der Waals surface area contributed by atoms with Crippen LogP contribution in [-0.2, 0) is 4.74 Å². The zero-order chi connectivity index (χ0) is 13.7. The van der Waals surface area contributed by atoms with Gasteiger partial charge in [0.15, 0.2) is 0 Å². The fraction of sp³-hybridized carbons (Fsp3) is 0.571. The van der Waals surface area contributed by atoms with E-state index < -0.39 is 6.10 Å². The Morgan fingerprint density at radius 1 is 1.42 bits per heavy atom. The number of benzene rings is 1. The van der Waals surface area contributed by atoms with Crippen molar-refractivity contribution in [2.75, 3.05) is 39.5 Å². The number of nitrogens with zero attached hydrogens (tertiary/aromatic N) is 1. The van der Waals surface area contributed by atoms with Gasteiger partial charge in [0.05, 0.1) is 24.3 Å². The summed E-state index contributed by atoms with van der Waals surface area (Å²) in [6.45, 7) is 6.69. The first kappa shape index (κ1) is 14.6. The van der Waals surface area contributed by atoms with Crippen LogP contribution in [0, 0.1) is 0 Å². The van der Waals surface area contributed by atoms with E-state index in [-0.39, 0.29) is 0 Å². The molecule has 5 heteroatoms. The van der Waals surface area contributed by atoms with Gasteiger partial charge in [0, 0.05) is 19.6 Å². The summed E-state index contributed by atoms with van der Waals surface area (Å²) in [6, 6.07) is 5.39. The van der Waals surface area contributed by atoms with Gasteiger partial charge in [-0.1, -0.05) is 17.7 Å². The van der Waals surface area contributed by atoms with Gasteiger partial charge < -0.3 is 14.6 Å². The number of rotatable bonds is 5. The molecule has 1 aliphatic rings. The van der Waals surface area contributed by atoms with Crippen molar-refractivity contribution >= 4 is 11.6 Å². The van der Waals surface area contributed by atoms with Crippen molar-refractivity contribution in [1.82, 2.24) is 4.90 Å². The first-order valence-corrected chi connectivity index (χ1v) is 6.95. The number of aliphatic hydroxyl groups is 1. The zero-order valence-corrected chi connectivity index (χ0v) is 11.9. The molecule has 0 amide bonds. The molecule has 1 aliphatic heterocycles. The first-order valence-electron chi connectivity index (χ1n) is 6.57. The summed E-state index contributed by atoms with van der Waals surface area (Å²) >= 11 is 6.13. The Labute approximate surface area is 118 Å². The lowest BCUT2D eigenvalue weighted by molar-refractivity contribution is 0.0322. The van der Waals surface area contributed by atoms with Crippen LogP contribution in [0.3, 0.4) is 0 Å². The van der Waals surface area contributed by atoms with Gasteiger partial charge in [-0.05, 0) is 24.6 Å². The Kier molecular flexibility index (Phi) is 5.45. The summed E-state index contributed by atoms with van der Waals surface area (Å²) in [5.41, 5.74) is 0.797. The number of halogens is 1. The molecular formula is C14H20ClNO3. The Morgan fingerprint density at radius 2 is 2.16 bits per heavy atom. The molecule has 4 nitrogen and oxygen atoms in total. The van der Waals surface area contributed by atoms with Gasteiger partial charge in [0.2, 0.25) is 0 Å². The van der Waals surface area contributed by atoms with Crippen molar-refractivity contribution in [3.63, 3.8) is 0 Å². The molecule has 1 heterocycles. The molecule has 1 saturated heterocycles. The van der Waals surface area contributed by atoms with Crippen LogP contribution in [0.15, 0.2) is 18.2 Å². The summed E-state index contributed by atoms with van der Waals surface area (Å²) in [5.74, 6) is 0.666. The minimum Gasteiger partial charge on any atom is -0.491 e. The lowest BCUT2D eigenvalue weighted by atomic mass is 10.1. The van der Waals surface area contributed by atoms with Gasteiger partial charge in [0.1, 0.15) is 12.4 Å². The molecule has 0 saturated carbocycles. The van der Waals surface area contributed by atoms with Crippen LogP contribution in [-0.4, -0.2) is 49.5 Å². The Hall–Kier alpha value is -0.810. The number of ether oxygens (including phenoxy) is 2. The largest absolute Gasteiger partial charge is 0.491 e. The van der Waals surface area contributed by atoms with Gasteiger partial charge in [0.25, 0.3) is 0 Å². The van der Waals surface area contributed by atoms with Gasteiger partial charge >= 0.3 is 0 Å². The lowest BCUT2D eigenvalue weighted by Crippen LogP contribution is -2.38. The van der Waals surface area contributed by atoms with E-state index in [1.54, 1.807) is 13.0 Å². The molecule has 0 spiro atoms. The number of morpholine rings is 1. The molecule has 1 unspecified atom stereocenters. The third kappa shape index (κ3) is 4.35. The zero-order valence-electron chi connectivity index (χ0n) is 11.1. The predicted octanol–water partition coefficient (Wildman–Crippen LogP) is 2.10. The van der Waals surface area contributed by atoms with Gasteiger partial charge in [-0.3, -0.25) is 4.90 Å². The minimum absolute atomic E-state index is 0.514. The maximum absolute atomic E-state index is 9.47. The Balaban J connectivity index is 1.82. The highest BCUT2D eigenvalue weighted by Crippen LogP contribution is 2.27. The fourth-order valence-electron chi connectivity index (χ4n) is 2.00. The van der Waals surface area contributed by atoms with Crippen LogP contribution in [0.4, 0.5) is 0 Å². The summed E-state index contributed by atoms with van der Waals surface area (Å²) < 4.78 is 11.0. The normalized spacial score (nSPS) is 18.3. The molecule has 0 bridgehead atoms. The molecule has 0 aromatic heterocycles. The van der Waals surface area contributed by atoms with Crippen molar-refractivity contribution < 1.29 is 14.6 Å². The SMILES string of the molecule is CC(O)c1ccc(OCCN2CCOCC2)c(Cl)c1. The topological polar surface area (TPSA) is 41.9 Å².